The number of nitrogens with zero attached hydrogens (tertiary/aromatic N) is 5. The molecule has 0 spiro atoms. The van der Waals surface area contributed by atoms with Gasteiger partial charge >= 0.3 is 0 Å². The van der Waals surface area contributed by atoms with Gasteiger partial charge in [-0.1, -0.05) is 29.8 Å². The van der Waals surface area contributed by atoms with Gasteiger partial charge in [0.2, 0.25) is 5.91 Å². The van der Waals surface area contributed by atoms with Crippen molar-refractivity contribution >= 4 is 57.0 Å². The molecule has 0 radical (unpaired) electrons. The van der Waals surface area contributed by atoms with Crippen molar-refractivity contribution in [3.05, 3.63) is 71.6 Å². The van der Waals surface area contributed by atoms with Gasteiger partial charge in [-0.2, -0.15) is 0 Å². The quantitative estimate of drug-likeness (QED) is 0.157. The van der Waals surface area contributed by atoms with Gasteiger partial charge < -0.3 is 29.2 Å². The molecule has 2 saturated heterocycles. The zero-order chi connectivity index (χ0) is 34.9. The lowest BCUT2D eigenvalue weighted by Crippen LogP contribution is -2.54. The molecule has 2 fully saturated rings. The normalized spacial score (nSPS) is 16.8. The molecule has 260 valence electrons. The summed E-state index contributed by atoms with van der Waals surface area (Å²) in [7, 11) is 4.73. The summed E-state index contributed by atoms with van der Waals surface area (Å²) < 4.78 is 24.7. The number of piperidine rings is 1. The number of carbonyl (C=O) groups excluding carboxylic acids is 1. The summed E-state index contributed by atoms with van der Waals surface area (Å²) in [6, 6.07) is 9.55. The fraction of sp³-hybridized carbons (Fsp3) is 0.324. The fourth-order valence-electron chi connectivity index (χ4n) is 7.06. The van der Waals surface area contributed by atoms with E-state index >= 15 is 0 Å². The lowest BCUT2D eigenvalue weighted by atomic mass is 10.0. The number of fused-ring (bicyclic) bond motifs is 3. The number of methoxy groups -OCH3 is 3. The summed E-state index contributed by atoms with van der Waals surface area (Å²) in [5.41, 5.74) is 5.64. The molecule has 0 bridgehead atoms. The van der Waals surface area contributed by atoms with E-state index < -0.39 is 0 Å². The van der Waals surface area contributed by atoms with Crippen LogP contribution in [0.5, 0.6) is 17.2 Å². The van der Waals surface area contributed by atoms with Crippen LogP contribution in [-0.4, -0.2) is 85.5 Å². The van der Waals surface area contributed by atoms with Crippen molar-refractivity contribution in [2.24, 2.45) is 0 Å². The maximum atomic E-state index is 12.8. The number of morpholine rings is 1. The number of hydrogen-bond acceptors (Lipinski definition) is 9. The summed E-state index contributed by atoms with van der Waals surface area (Å²) in [5, 5.41) is 4.58. The highest BCUT2D eigenvalue weighted by atomic mass is 35.5. The van der Waals surface area contributed by atoms with Crippen molar-refractivity contribution in [3.63, 3.8) is 0 Å². The van der Waals surface area contributed by atoms with E-state index in [0.29, 0.717) is 68.7 Å². The number of ether oxygens (including phenoxy) is 4. The molecule has 5 heterocycles. The van der Waals surface area contributed by atoms with E-state index in [2.05, 4.69) is 26.7 Å². The number of hydrogen-bond donors (Lipinski definition) is 1. The van der Waals surface area contributed by atoms with Gasteiger partial charge in [-0.25, -0.2) is 4.98 Å². The van der Waals surface area contributed by atoms with E-state index in [-0.39, 0.29) is 12.1 Å². The largest absolute Gasteiger partial charge is 0.496 e. The second kappa shape index (κ2) is 14.4. The van der Waals surface area contributed by atoms with E-state index in [9.17, 15) is 4.79 Å². The second-order valence-electron chi connectivity index (χ2n) is 12.2. The molecule has 0 saturated carbocycles. The minimum Gasteiger partial charge on any atom is -0.496 e. The molecule has 5 aromatic rings. The van der Waals surface area contributed by atoms with Crippen molar-refractivity contribution in [1.29, 1.82) is 0 Å². The Morgan fingerprint density at radius 3 is 2.38 bits per heavy atom. The number of nitrogens with one attached hydrogen (secondary N) is 1. The number of anilines is 2. The van der Waals surface area contributed by atoms with Gasteiger partial charge in [-0.3, -0.25) is 19.1 Å². The molecule has 1 atom stereocenters. The first-order valence-electron chi connectivity index (χ1n) is 16.5. The standard InChI is InChI=1S/C37H38Cl2N6O5/c1-5-32(46)42-26-17-23(29(47-2)19-28(26)44-10-7-6-8-33(44)43-12-14-50-15-13-43)25-18-27-22(21-41-25)16-24(37-40-9-11-45(27)37)34-35(38)30(48-3)20-31(49-4)36(34)39/h5,9,11,16-21,33H,1,6-8,10,12-15H2,2-4H3,(H,42,46). The highest BCUT2D eigenvalue weighted by Crippen LogP contribution is 2.48. The maximum Gasteiger partial charge on any atom is 0.247 e. The molecule has 2 aromatic carbocycles. The molecule has 50 heavy (non-hydrogen) atoms. The molecule has 1 amide bonds. The molecular formula is C37H38Cl2N6O5. The number of aromatic nitrogens is 3. The fourth-order valence-corrected chi connectivity index (χ4v) is 7.76. The van der Waals surface area contributed by atoms with Crippen LogP contribution in [0.3, 0.4) is 0 Å². The molecule has 1 unspecified atom stereocenters. The molecule has 1 N–H and O–H groups in total. The summed E-state index contributed by atoms with van der Waals surface area (Å²) >= 11 is 13.7. The molecule has 3 aromatic heterocycles. The van der Waals surface area contributed by atoms with Gasteiger partial charge in [0, 0.05) is 72.4 Å². The third-order valence-corrected chi connectivity index (χ3v) is 10.2. The van der Waals surface area contributed by atoms with Crippen LogP contribution in [0.1, 0.15) is 19.3 Å². The lowest BCUT2D eigenvalue weighted by molar-refractivity contribution is -0.111. The Balaban J connectivity index is 1.37. The SMILES string of the molecule is C=CC(=O)Nc1cc(-c2cc3c(cn2)cc(-c2c(Cl)c(OC)cc(OC)c2Cl)c2nccn23)c(OC)cc1N1CCCCC1N1CCOCC1. The monoisotopic (exact) mass is 716 g/mol. The van der Waals surface area contributed by atoms with E-state index in [0.717, 1.165) is 61.1 Å². The zero-order valence-corrected chi connectivity index (χ0v) is 29.7. The van der Waals surface area contributed by atoms with E-state index in [4.69, 9.17) is 47.1 Å². The van der Waals surface area contributed by atoms with Gasteiger partial charge in [0.25, 0.3) is 0 Å². The van der Waals surface area contributed by atoms with Crippen molar-refractivity contribution in [1.82, 2.24) is 19.3 Å². The van der Waals surface area contributed by atoms with Gasteiger partial charge in [0.05, 0.1) is 73.3 Å². The summed E-state index contributed by atoms with van der Waals surface area (Å²) in [4.78, 5) is 27.2. The Kier molecular flexibility index (Phi) is 9.74. The maximum absolute atomic E-state index is 12.8. The summed E-state index contributed by atoms with van der Waals surface area (Å²) in [6.07, 6.45) is 10.1. The van der Waals surface area contributed by atoms with E-state index in [1.807, 2.05) is 34.9 Å². The van der Waals surface area contributed by atoms with Crippen LogP contribution in [0.15, 0.2) is 61.6 Å². The second-order valence-corrected chi connectivity index (χ2v) is 12.9. The van der Waals surface area contributed by atoms with Gasteiger partial charge in [0.1, 0.15) is 22.9 Å². The van der Waals surface area contributed by atoms with Crippen LogP contribution >= 0.6 is 23.2 Å². The molecule has 13 heteroatoms. The Morgan fingerprint density at radius 1 is 0.940 bits per heavy atom. The van der Waals surface area contributed by atoms with Crippen LogP contribution in [0.2, 0.25) is 10.0 Å². The highest BCUT2D eigenvalue weighted by molar-refractivity contribution is 6.41. The van der Waals surface area contributed by atoms with Crippen LogP contribution in [0.4, 0.5) is 11.4 Å². The third kappa shape index (κ3) is 6.08. The minimum absolute atomic E-state index is 0.177. The van der Waals surface area contributed by atoms with Crippen molar-refractivity contribution < 1.29 is 23.7 Å². The summed E-state index contributed by atoms with van der Waals surface area (Å²) in [5.74, 6) is 1.19. The Hall–Kier alpha value is -4.55. The van der Waals surface area contributed by atoms with Crippen molar-refractivity contribution in [2.75, 3.05) is 64.4 Å². The number of halogens is 2. The number of carbonyl (C=O) groups is 1. The molecule has 2 aliphatic rings. The van der Waals surface area contributed by atoms with Crippen molar-refractivity contribution in [3.8, 4) is 39.6 Å². The average molecular weight is 718 g/mol. The molecule has 0 aliphatic carbocycles. The van der Waals surface area contributed by atoms with Gasteiger partial charge in [-0.15, -0.1) is 0 Å². The predicted molar refractivity (Wildman–Crippen MR) is 197 cm³/mol. The van der Waals surface area contributed by atoms with Crippen molar-refractivity contribution in [2.45, 2.75) is 25.4 Å². The summed E-state index contributed by atoms with van der Waals surface area (Å²) in [6.45, 7) is 7.68. The lowest BCUT2D eigenvalue weighted by Gasteiger charge is -2.45. The van der Waals surface area contributed by atoms with Crippen LogP contribution in [-0.2, 0) is 9.53 Å². The third-order valence-electron chi connectivity index (χ3n) is 9.48. The Bertz CT molecular complexity index is 2070. The van der Waals surface area contributed by atoms with Gasteiger partial charge in [-0.05, 0) is 43.5 Å². The number of rotatable bonds is 9. The topological polar surface area (TPSA) is 103 Å². The van der Waals surface area contributed by atoms with Crippen LogP contribution in [0, 0.1) is 0 Å². The Morgan fingerprint density at radius 2 is 1.68 bits per heavy atom. The van der Waals surface area contributed by atoms with E-state index in [1.165, 1.54) is 6.08 Å². The Labute approximate surface area is 300 Å². The molecular weight excluding hydrogens is 679 g/mol. The molecule has 2 aliphatic heterocycles. The smallest absolute Gasteiger partial charge is 0.247 e. The van der Waals surface area contributed by atoms with E-state index in [1.54, 1.807) is 39.8 Å². The first kappa shape index (κ1) is 33.9. The van der Waals surface area contributed by atoms with Gasteiger partial charge in [0.15, 0.2) is 0 Å². The highest BCUT2D eigenvalue weighted by Gasteiger charge is 2.32. The number of benzene rings is 2. The first-order valence-corrected chi connectivity index (χ1v) is 17.2. The molecule has 11 nitrogen and oxygen atoms in total. The predicted octanol–water partition coefficient (Wildman–Crippen LogP) is 7.32. The first-order chi connectivity index (χ1) is 24.4. The average Bonchev–Trinajstić information content (AvgIpc) is 3.66. The number of amides is 1. The zero-order valence-electron chi connectivity index (χ0n) is 28.2. The minimum atomic E-state index is -0.298. The molecule has 7 rings (SSSR count). The number of pyridine rings is 2. The van der Waals surface area contributed by atoms with Crippen LogP contribution in [0.25, 0.3) is 38.9 Å². The number of imidazole rings is 1. The van der Waals surface area contributed by atoms with Crippen LogP contribution < -0.4 is 24.4 Å².